The molecule has 1 atom stereocenters. The highest BCUT2D eigenvalue weighted by atomic mass is 35.5. The molecule has 17 heavy (non-hydrogen) atoms. The number of sulfonamides is 1. The zero-order chi connectivity index (χ0) is 13.1. The van der Waals surface area contributed by atoms with Gasteiger partial charge in [0.1, 0.15) is 0 Å². The van der Waals surface area contributed by atoms with Gasteiger partial charge in [0.05, 0.1) is 4.90 Å². The lowest BCUT2D eigenvalue weighted by Gasteiger charge is -2.18. The minimum atomic E-state index is -3.39. The fourth-order valence-corrected chi connectivity index (χ4v) is 3.00. The quantitative estimate of drug-likeness (QED) is 0.775. The maximum Gasteiger partial charge on any atom is 0.243 e. The van der Waals surface area contributed by atoms with Crippen LogP contribution in [0.4, 0.5) is 0 Å². The number of hydrogen-bond donors (Lipinski definition) is 0. The highest BCUT2D eigenvalue weighted by molar-refractivity contribution is 7.89. The van der Waals surface area contributed by atoms with E-state index in [0.717, 1.165) is 5.56 Å². The Morgan fingerprint density at radius 1 is 1.35 bits per heavy atom. The molecule has 0 aliphatic carbocycles. The number of nitrogens with zero attached hydrogens (tertiary/aromatic N) is 1. The van der Waals surface area contributed by atoms with Gasteiger partial charge in [-0.15, -0.1) is 11.6 Å². The van der Waals surface area contributed by atoms with Crippen LogP contribution in [-0.4, -0.2) is 31.7 Å². The van der Waals surface area contributed by atoms with E-state index in [1.165, 1.54) is 4.31 Å². The molecule has 0 aliphatic heterocycles. The average molecular weight is 276 g/mol. The summed E-state index contributed by atoms with van der Waals surface area (Å²) in [6.07, 6.45) is 0.642. The van der Waals surface area contributed by atoms with Gasteiger partial charge in [0.2, 0.25) is 10.0 Å². The molecule has 0 saturated carbocycles. The van der Waals surface area contributed by atoms with Gasteiger partial charge in [-0.2, -0.15) is 0 Å². The van der Waals surface area contributed by atoms with Crippen molar-refractivity contribution in [3.8, 4) is 0 Å². The fourth-order valence-electron chi connectivity index (χ4n) is 1.49. The second-order valence-corrected chi connectivity index (χ2v) is 6.92. The SMILES string of the molecule is Cc1ccccc1S(=O)(=O)N(C)CCC(C)Cl. The van der Waals surface area contributed by atoms with Crippen molar-refractivity contribution >= 4 is 21.6 Å². The second kappa shape index (κ2) is 5.85. The summed E-state index contributed by atoms with van der Waals surface area (Å²) in [6, 6.07) is 6.99. The largest absolute Gasteiger partial charge is 0.243 e. The highest BCUT2D eigenvalue weighted by Gasteiger charge is 2.22. The van der Waals surface area contributed by atoms with E-state index in [2.05, 4.69) is 0 Å². The van der Waals surface area contributed by atoms with Gasteiger partial charge in [-0.1, -0.05) is 18.2 Å². The molecule has 96 valence electrons. The molecule has 1 unspecified atom stereocenters. The van der Waals surface area contributed by atoms with E-state index in [1.807, 2.05) is 13.0 Å². The van der Waals surface area contributed by atoms with Gasteiger partial charge in [-0.3, -0.25) is 0 Å². The van der Waals surface area contributed by atoms with Crippen LogP contribution in [0, 0.1) is 6.92 Å². The monoisotopic (exact) mass is 275 g/mol. The minimum Gasteiger partial charge on any atom is -0.207 e. The maximum atomic E-state index is 12.2. The molecular formula is C12H18ClNO2S. The summed E-state index contributed by atoms with van der Waals surface area (Å²) in [7, 11) is -1.81. The van der Waals surface area contributed by atoms with Gasteiger partial charge in [0, 0.05) is 19.0 Å². The topological polar surface area (TPSA) is 37.4 Å². The Hall–Kier alpha value is -0.580. The standard InChI is InChI=1S/C12H18ClNO2S/c1-10-6-4-5-7-12(10)17(15,16)14(3)9-8-11(2)13/h4-7,11H,8-9H2,1-3H3. The summed E-state index contributed by atoms with van der Waals surface area (Å²) in [6.45, 7) is 4.09. The number of benzene rings is 1. The number of hydrogen-bond acceptors (Lipinski definition) is 2. The second-order valence-electron chi connectivity index (χ2n) is 4.16. The first-order chi connectivity index (χ1) is 7.85. The van der Waals surface area contributed by atoms with Crippen LogP contribution < -0.4 is 0 Å². The third kappa shape index (κ3) is 3.69. The summed E-state index contributed by atoms with van der Waals surface area (Å²) < 4.78 is 25.9. The van der Waals surface area contributed by atoms with Crippen LogP contribution in [0.15, 0.2) is 29.2 Å². The lowest BCUT2D eigenvalue weighted by Crippen LogP contribution is -2.29. The van der Waals surface area contributed by atoms with Crippen molar-refractivity contribution in [2.75, 3.05) is 13.6 Å². The van der Waals surface area contributed by atoms with Crippen molar-refractivity contribution in [2.45, 2.75) is 30.5 Å². The first-order valence-corrected chi connectivity index (χ1v) is 7.39. The van der Waals surface area contributed by atoms with Gasteiger partial charge >= 0.3 is 0 Å². The smallest absolute Gasteiger partial charge is 0.207 e. The molecule has 0 amide bonds. The molecule has 5 heteroatoms. The van der Waals surface area contributed by atoms with Gasteiger partial charge in [-0.05, 0) is 31.9 Å². The molecule has 0 aromatic heterocycles. The Balaban J connectivity index is 2.92. The summed E-state index contributed by atoms with van der Waals surface area (Å²) in [5.74, 6) is 0. The molecule has 3 nitrogen and oxygen atoms in total. The van der Waals surface area contributed by atoms with E-state index >= 15 is 0 Å². The van der Waals surface area contributed by atoms with E-state index < -0.39 is 10.0 Å². The van der Waals surface area contributed by atoms with E-state index in [-0.39, 0.29) is 5.38 Å². The van der Waals surface area contributed by atoms with Gasteiger partial charge < -0.3 is 0 Å². The first kappa shape index (κ1) is 14.5. The van der Waals surface area contributed by atoms with E-state index in [0.29, 0.717) is 17.9 Å². The maximum absolute atomic E-state index is 12.2. The minimum absolute atomic E-state index is 0.0236. The number of aryl methyl sites for hydroxylation is 1. The molecule has 0 spiro atoms. The number of halogens is 1. The zero-order valence-electron chi connectivity index (χ0n) is 10.4. The predicted molar refractivity (Wildman–Crippen MR) is 70.9 cm³/mol. The van der Waals surface area contributed by atoms with Crippen molar-refractivity contribution in [1.82, 2.24) is 4.31 Å². The lowest BCUT2D eigenvalue weighted by molar-refractivity contribution is 0.460. The summed E-state index contributed by atoms with van der Waals surface area (Å²) in [4.78, 5) is 0.365. The van der Waals surface area contributed by atoms with Crippen LogP contribution in [0.25, 0.3) is 0 Å². The summed E-state index contributed by atoms with van der Waals surface area (Å²) in [5, 5.41) is -0.0236. The molecule has 0 radical (unpaired) electrons. The normalized spacial score (nSPS) is 13.9. The van der Waals surface area contributed by atoms with E-state index in [9.17, 15) is 8.42 Å². The van der Waals surface area contributed by atoms with Crippen LogP contribution in [0.3, 0.4) is 0 Å². The number of rotatable bonds is 5. The highest BCUT2D eigenvalue weighted by Crippen LogP contribution is 2.18. The Bertz CT molecular complexity index is 471. The lowest BCUT2D eigenvalue weighted by atomic mass is 10.2. The Labute approximate surface area is 108 Å². The number of alkyl halides is 1. The Morgan fingerprint density at radius 3 is 2.47 bits per heavy atom. The van der Waals surface area contributed by atoms with Gasteiger partial charge in [0.25, 0.3) is 0 Å². The first-order valence-electron chi connectivity index (χ1n) is 5.51. The van der Waals surface area contributed by atoms with Crippen LogP contribution in [0.5, 0.6) is 0 Å². The van der Waals surface area contributed by atoms with Gasteiger partial charge in [-0.25, -0.2) is 12.7 Å². The molecule has 1 rings (SSSR count). The van der Waals surface area contributed by atoms with Crippen molar-refractivity contribution < 1.29 is 8.42 Å². The van der Waals surface area contributed by atoms with Crippen LogP contribution >= 0.6 is 11.6 Å². The van der Waals surface area contributed by atoms with Crippen molar-refractivity contribution in [1.29, 1.82) is 0 Å². The average Bonchev–Trinajstić information content (AvgIpc) is 2.26. The molecule has 0 heterocycles. The van der Waals surface area contributed by atoms with Crippen LogP contribution in [-0.2, 0) is 10.0 Å². The molecule has 1 aromatic carbocycles. The van der Waals surface area contributed by atoms with E-state index in [1.54, 1.807) is 32.2 Å². The van der Waals surface area contributed by atoms with E-state index in [4.69, 9.17) is 11.6 Å². The molecule has 0 aliphatic rings. The third-order valence-corrected chi connectivity index (χ3v) is 4.86. The summed E-state index contributed by atoms with van der Waals surface area (Å²) in [5.41, 5.74) is 0.762. The van der Waals surface area contributed by atoms with Crippen molar-refractivity contribution in [2.24, 2.45) is 0 Å². The third-order valence-electron chi connectivity index (χ3n) is 2.62. The molecule has 0 fully saturated rings. The summed E-state index contributed by atoms with van der Waals surface area (Å²) >= 11 is 5.83. The zero-order valence-corrected chi connectivity index (χ0v) is 11.9. The van der Waals surface area contributed by atoms with Crippen LogP contribution in [0.2, 0.25) is 0 Å². The van der Waals surface area contributed by atoms with Crippen molar-refractivity contribution in [3.63, 3.8) is 0 Å². The molecule has 0 N–H and O–H groups in total. The molecular weight excluding hydrogens is 258 g/mol. The van der Waals surface area contributed by atoms with Gasteiger partial charge in [0.15, 0.2) is 0 Å². The molecule has 0 bridgehead atoms. The Kier molecular flexibility index (Phi) is 4.98. The Morgan fingerprint density at radius 2 is 1.94 bits per heavy atom. The molecule has 0 saturated heterocycles. The predicted octanol–water partition coefficient (Wildman–Crippen LogP) is 2.63. The van der Waals surface area contributed by atoms with Crippen LogP contribution in [0.1, 0.15) is 18.9 Å². The van der Waals surface area contributed by atoms with Crippen molar-refractivity contribution in [3.05, 3.63) is 29.8 Å². The molecule has 1 aromatic rings. The fraction of sp³-hybridized carbons (Fsp3) is 0.500.